The van der Waals surface area contributed by atoms with Gasteiger partial charge in [-0.15, -0.1) is 11.3 Å². The molecule has 0 saturated carbocycles. The van der Waals surface area contributed by atoms with Crippen LogP contribution in [0.15, 0.2) is 35.2 Å². The molecule has 8 heteroatoms. The van der Waals surface area contributed by atoms with E-state index in [9.17, 15) is 8.78 Å². The number of alkyl halides is 2. The molecule has 0 saturated heterocycles. The van der Waals surface area contributed by atoms with Crippen LogP contribution < -0.4 is 0 Å². The first-order chi connectivity index (χ1) is 9.54. The van der Waals surface area contributed by atoms with E-state index in [1.165, 1.54) is 17.5 Å². The zero-order valence-electron chi connectivity index (χ0n) is 10.2. The van der Waals surface area contributed by atoms with Gasteiger partial charge in [-0.3, -0.25) is 4.98 Å². The third-order valence-electron chi connectivity index (χ3n) is 2.44. The summed E-state index contributed by atoms with van der Waals surface area (Å²) < 4.78 is 30.9. The molecule has 0 radical (unpaired) electrons. The minimum absolute atomic E-state index is 0.0363. The Hall–Kier alpha value is -2.22. The Labute approximate surface area is 116 Å². The lowest BCUT2D eigenvalue weighted by Gasteiger charge is -2.00. The molecule has 5 nitrogen and oxygen atoms in total. The summed E-state index contributed by atoms with van der Waals surface area (Å²) in [6.07, 6.45) is 4.84. The molecular weight excluding hydrogens is 286 g/mol. The molecule has 0 bridgehead atoms. The highest BCUT2D eigenvalue weighted by molar-refractivity contribution is 7.18. The summed E-state index contributed by atoms with van der Waals surface area (Å²) in [5, 5.41) is 3.98. The quantitative estimate of drug-likeness (QED) is 0.741. The smallest absolute Gasteiger partial charge is 0.307 e. The average molecular weight is 294 g/mol. The molecule has 0 aliphatic heterocycles. The lowest BCUT2D eigenvalue weighted by molar-refractivity contribution is 0.00559. The number of thiazole rings is 1. The fraction of sp³-hybridized carbons (Fsp3) is 0.167. The first-order valence-electron chi connectivity index (χ1n) is 5.62. The molecule has 0 aliphatic rings. The van der Waals surface area contributed by atoms with E-state index >= 15 is 0 Å². The summed E-state index contributed by atoms with van der Waals surface area (Å²) >= 11 is 1.27. The first-order valence-corrected chi connectivity index (χ1v) is 6.44. The summed E-state index contributed by atoms with van der Waals surface area (Å²) in [6.45, 7) is 0.718. The highest BCUT2D eigenvalue weighted by atomic mass is 32.1. The Bertz CT molecular complexity index is 720. The van der Waals surface area contributed by atoms with Crippen LogP contribution in [0.5, 0.6) is 0 Å². The molecule has 102 valence electrons. The van der Waals surface area contributed by atoms with Crippen LogP contribution in [-0.4, -0.2) is 20.1 Å². The largest absolute Gasteiger partial charge is 0.333 e. The van der Waals surface area contributed by atoms with Crippen molar-refractivity contribution < 1.29 is 13.3 Å². The molecule has 3 heterocycles. The number of halogens is 2. The van der Waals surface area contributed by atoms with Crippen molar-refractivity contribution in [1.82, 2.24) is 20.1 Å². The lowest BCUT2D eigenvalue weighted by Crippen LogP contribution is -2.08. The van der Waals surface area contributed by atoms with E-state index in [0.29, 0.717) is 9.88 Å². The Balaban J connectivity index is 1.93. The minimum Gasteiger partial charge on any atom is -0.333 e. The van der Waals surface area contributed by atoms with Crippen LogP contribution in [0.1, 0.15) is 12.7 Å². The second-order valence-electron chi connectivity index (χ2n) is 4.08. The van der Waals surface area contributed by atoms with Crippen LogP contribution in [0.2, 0.25) is 0 Å². The van der Waals surface area contributed by atoms with Gasteiger partial charge >= 0.3 is 5.92 Å². The topological polar surface area (TPSA) is 64.7 Å². The van der Waals surface area contributed by atoms with E-state index < -0.39 is 11.7 Å². The fourth-order valence-corrected chi connectivity index (χ4v) is 2.33. The molecule has 0 aliphatic carbocycles. The van der Waals surface area contributed by atoms with Gasteiger partial charge in [-0.1, -0.05) is 5.16 Å². The summed E-state index contributed by atoms with van der Waals surface area (Å²) in [7, 11) is 0. The second-order valence-corrected chi connectivity index (χ2v) is 5.11. The molecule has 20 heavy (non-hydrogen) atoms. The Morgan fingerprint density at radius 1 is 1.30 bits per heavy atom. The molecule has 0 unspecified atom stereocenters. The molecule has 3 aromatic rings. The van der Waals surface area contributed by atoms with Crippen LogP contribution in [0.3, 0.4) is 0 Å². The van der Waals surface area contributed by atoms with Gasteiger partial charge in [-0.2, -0.15) is 13.8 Å². The number of hydrogen-bond acceptors (Lipinski definition) is 6. The van der Waals surface area contributed by atoms with Crippen molar-refractivity contribution in [1.29, 1.82) is 0 Å². The molecule has 0 amide bonds. The number of rotatable bonds is 3. The van der Waals surface area contributed by atoms with E-state index in [1.807, 2.05) is 6.07 Å². The number of pyridine rings is 1. The summed E-state index contributed by atoms with van der Waals surface area (Å²) in [6, 6.07) is 3.65. The fourth-order valence-electron chi connectivity index (χ4n) is 1.50. The molecule has 0 N–H and O–H groups in total. The van der Waals surface area contributed by atoms with E-state index in [-0.39, 0.29) is 5.89 Å². The van der Waals surface area contributed by atoms with Crippen LogP contribution in [-0.2, 0) is 5.92 Å². The molecular formula is C12H8F2N4OS. The maximum absolute atomic E-state index is 13.0. The predicted molar refractivity (Wildman–Crippen MR) is 68.2 cm³/mol. The van der Waals surface area contributed by atoms with Gasteiger partial charge in [0.1, 0.15) is 9.88 Å². The SMILES string of the molecule is CC(F)(F)c1noc(-c2cnc(-c3cccnc3)s2)n1. The molecule has 3 rings (SSSR count). The van der Waals surface area contributed by atoms with Crippen molar-refractivity contribution in [3.63, 3.8) is 0 Å². The highest BCUT2D eigenvalue weighted by Crippen LogP contribution is 2.32. The lowest BCUT2D eigenvalue weighted by atomic mass is 10.3. The normalized spacial score (nSPS) is 11.8. The average Bonchev–Trinajstić information content (AvgIpc) is 3.08. The standard InChI is InChI=1S/C12H8F2N4OS/c1-12(13,14)11-17-9(19-18-11)8-6-16-10(20-8)7-3-2-4-15-5-7/h2-6H,1H3. The Kier molecular flexibility index (Phi) is 3.01. The summed E-state index contributed by atoms with van der Waals surface area (Å²) in [4.78, 5) is 12.4. The van der Waals surface area contributed by atoms with Crippen LogP contribution in [0.4, 0.5) is 8.78 Å². The van der Waals surface area contributed by atoms with Crippen LogP contribution in [0.25, 0.3) is 21.3 Å². The van der Waals surface area contributed by atoms with Crippen molar-refractivity contribution in [2.45, 2.75) is 12.8 Å². The maximum atomic E-state index is 13.0. The Morgan fingerprint density at radius 2 is 2.15 bits per heavy atom. The molecule has 0 spiro atoms. The van der Waals surface area contributed by atoms with Gasteiger partial charge in [0.2, 0.25) is 5.82 Å². The monoisotopic (exact) mass is 294 g/mol. The Morgan fingerprint density at radius 3 is 2.80 bits per heavy atom. The number of hydrogen-bond donors (Lipinski definition) is 0. The van der Waals surface area contributed by atoms with Crippen molar-refractivity contribution in [3.8, 4) is 21.3 Å². The number of aromatic nitrogens is 4. The molecule has 3 aromatic heterocycles. The predicted octanol–water partition coefficient (Wildman–Crippen LogP) is 3.37. The van der Waals surface area contributed by atoms with E-state index in [2.05, 4.69) is 20.1 Å². The van der Waals surface area contributed by atoms with Gasteiger partial charge in [0, 0.05) is 24.9 Å². The van der Waals surface area contributed by atoms with Crippen molar-refractivity contribution in [3.05, 3.63) is 36.5 Å². The van der Waals surface area contributed by atoms with Gasteiger partial charge in [0.05, 0.1) is 6.20 Å². The van der Waals surface area contributed by atoms with Crippen LogP contribution >= 0.6 is 11.3 Å². The zero-order valence-corrected chi connectivity index (χ0v) is 11.1. The highest BCUT2D eigenvalue weighted by Gasteiger charge is 2.31. The van der Waals surface area contributed by atoms with Crippen molar-refractivity contribution >= 4 is 11.3 Å². The number of nitrogens with zero attached hydrogens (tertiary/aromatic N) is 4. The molecule has 0 aromatic carbocycles. The van der Waals surface area contributed by atoms with E-state index in [0.717, 1.165) is 12.5 Å². The van der Waals surface area contributed by atoms with Crippen molar-refractivity contribution in [2.75, 3.05) is 0 Å². The van der Waals surface area contributed by atoms with E-state index in [1.54, 1.807) is 18.5 Å². The molecule has 0 atom stereocenters. The van der Waals surface area contributed by atoms with Gasteiger partial charge in [-0.05, 0) is 12.1 Å². The zero-order chi connectivity index (χ0) is 14.2. The van der Waals surface area contributed by atoms with Gasteiger partial charge in [-0.25, -0.2) is 4.98 Å². The minimum atomic E-state index is -3.13. The summed E-state index contributed by atoms with van der Waals surface area (Å²) in [5.74, 6) is -3.73. The van der Waals surface area contributed by atoms with Gasteiger partial charge < -0.3 is 4.52 Å². The van der Waals surface area contributed by atoms with Gasteiger partial charge in [0.25, 0.3) is 5.89 Å². The third-order valence-corrected chi connectivity index (χ3v) is 3.48. The van der Waals surface area contributed by atoms with Crippen LogP contribution in [0, 0.1) is 0 Å². The second kappa shape index (κ2) is 4.71. The first kappa shape index (κ1) is 12.8. The maximum Gasteiger partial charge on any atom is 0.307 e. The van der Waals surface area contributed by atoms with Gasteiger partial charge in [0.15, 0.2) is 0 Å². The third kappa shape index (κ3) is 2.42. The summed E-state index contributed by atoms with van der Waals surface area (Å²) in [5.41, 5.74) is 0.837. The van der Waals surface area contributed by atoms with E-state index in [4.69, 9.17) is 4.52 Å². The molecule has 0 fully saturated rings. The van der Waals surface area contributed by atoms with Crippen molar-refractivity contribution in [2.24, 2.45) is 0 Å².